The Labute approximate surface area is 90.3 Å². The van der Waals surface area contributed by atoms with E-state index in [1.54, 1.807) is 0 Å². The van der Waals surface area contributed by atoms with E-state index in [2.05, 4.69) is 49.6 Å². The Morgan fingerprint density at radius 3 is 2.07 bits per heavy atom. The Hall–Kier alpha value is -1.70. The third kappa shape index (κ3) is 1.63. The van der Waals surface area contributed by atoms with Gasteiger partial charge in [-0.15, -0.1) is 0 Å². The lowest BCUT2D eigenvalue weighted by Gasteiger charge is -2.12. The van der Waals surface area contributed by atoms with Crippen LogP contribution in [0.2, 0.25) is 0 Å². The maximum atomic E-state index is 6.03. The Kier molecular flexibility index (Phi) is 2.27. The molecule has 2 N–H and O–H groups in total. The second-order valence-corrected chi connectivity index (χ2v) is 4.01. The number of aryl methyl sites for hydroxylation is 3. The fraction of sp³-hybridized carbons (Fsp3) is 0.231. The number of nitrogens with zero attached hydrogens (tertiary/aromatic N) is 1. The first-order valence-corrected chi connectivity index (χ1v) is 5.11. The minimum Gasteiger partial charge on any atom is -0.397 e. The lowest BCUT2D eigenvalue weighted by atomic mass is 10.2. The fourth-order valence-corrected chi connectivity index (χ4v) is 1.93. The van der Waals surface area contributed by atoms with Crippen molar-refractivity contribution >= 4 is 5.69 Å². The van der Waals surface area contributed by atoms with Crippen molar-refractivity contribution < 1.29 is 0 Å². The summed E-state index contributed by atoms with van der Waals surface area (Å²) in [7, 11) is 0. The van der Waals surface area contributed by atoms with Crippen molar-refractivity contribution in [2.24, 2.45) is 0 Å². The van der Waals surface area contributed by atoms with Crippen molar-refractivity contribution in [2.45, 2.75) is 20.8 Å². The van der Waals surface area contributed by atoms with Gasteiger partial charge in [0.15, 0.2) is 0 Å². The summed E-state index contributed by atoms with van der Waals surface area (Å²) in [6, 6.07) is 10.4. The van der Waals surface area contributed by atoms with E-state index >= 15 is 0 Å². The molecule has 1 aromatic heterocycles. The number of hydrogen-bond acceptors (Lipinski definition) is 1. The molecule has 15 heavy (non-hydrogen) atoms. The summed E-state index contributed by atoms with van der Waals surface area (Å²) >= 11 is 0. The molecule has 1 aromatic carbocycles. The molecule has 2 heteroatoms. The van der Waals surface area contributed by atoms with Crippen molar-refractivity contribution in [1.82, 2.24) is 4.57 Å². The van der Waals surface area contributed by atoms with Crippen molar-refractivity contribution in [1.29, 1.82) is 0 Å². The molecular weight excluding hydrogens is 184 g/mol. The number of nitrogens with two attached hydrogens (primary N) is 1. The normalized spacial score (nSPS) is 10.6. The molecule has 0 aliphatic carbocycles. The van der Waals surface area contributed by atoms with Gasteiger partial charge < -0.3 is 10.3 Å². The molecule has 0 aliphatic heterocycles. The van der Waals surface area contributed by atoms with Crippen LogP contribution < -0.4 is 5.73 Å². The maximum Gasteiger partial charge on any atom is 0.0685 e. The number of rotatable bonds is 1. The molecule has 0 spiro atoms. The molecule has 0 unspecified atom stereocenters. The average Bonchev–Trinajstić information content (AvgIpc) is 2.48. The predicted molar refractivity (Wildman–Crippen MR) is 64.4 cm³/mol. The van der Waals surface area contributed by atoms with E-state index < -0.39 is 0 Å². The molecule has 0 fully saturated rings. The molecule has 2 rings (SSSR count). The van der Waals surface area contributed by atoms with Crippen molar-refractivity contribution in [3.05, 3.63) is 47.3 Å². The summed E-state index contributed by atoms with van der Waals surface area (Å²) in [6.45, 7) is 6.23. The molecule has 0 radical (unpaired) electrons. The van der Waals surface area contributed by atoms with E-state index in [0.29, 0.717) is 0 Å². The van der Waals surface area contributed by atoms with Gasteiger partial charge in [-0.1, -0.05) is 6.07 Å². The highest BCUT2D eigenvalue weighted by atomic mass is 15.0. The monoisotopic (exact) mass is 200 g/mol. The van der Waals surface area contributed by atoms with Crippen molar-refractivity contribution in [3.8, 4) is 5.69 Å². The molecule has 1 heterocycles. The number of benzene rings is 1. The molecular formula is C13H16N2. The molecule has 2 nitrogen and oxygen atoms in total. The minimum absolute atomic E-state index is 0.831. The zero-order valence-corrected chi connectivity index (χ0v) is 9.41. The summed E-state index contributed by atoms with van der Waals surface area (Å²) in [5.41, 5.74) is 11.5. The third-order valence-electron chi connectivity index (χ3n) is 2.70. The number of anilines is 1. The van der Waals surface area contributed by atoms with E-state index in [4.69, 9.17) is 5.73 Å². The second kappa shape index (κ2) is 3.46. The number of hydrogen-bond donors (Lipinski definition) is 1. The van der Waals surface area contributed by atoms with Crippen LogP contribution in [0, 0.1) is 20.8 Å². The van der Waals surface area contributed by atoms with Gasteiger partial charge in [-0.2, -0.15) is 0 Å². The molecule has 78 valence electrons. The van der Waals surface area contributed by atoms with Crippen LogP contribution in [0.1, 0.15) is 17.0 Å². The van der Waals surface area contributed by atoms with Crippen LogP contribution in [0.3, 0.4) is 0 Å². The smallest absolute Gasteiger partial charge is 0.0685 e. The topological polar surface area (TPSA) is 30.9 Å². The summed E-state index contributed by atoms with van der Waals surface area (Å²) in [4.78, 5) is 0. The van der Waals surface area contributed by atoms with Crippen LogP contribution in [0.5, 0.6) is 0 Å². The zero-order chi connectivity index (χ0) is 11.0. The van der Waals surface area contributed by atoms with Gasteiger partial charge in [0.25, 0.3) is 0 Å². The van der Waals surface area contributed by atoms with Gasteiger partial charge >= 0.3 is 0 Å². The van der Waals surface area contributed by atoms with Gasteiger partial charge in [-0.3, -0.25) is 0 Å². The molecule has 0 atom stereocenters. The van der Waals surface area contributed by atoms with Crippen LogP contribution in [0.15, 0.2) is 30.3 Å². The fourth-order valence-electron chi connectivity index (χ4n) is 1.93. The number of nitrogen functional groups attached to an aromatic ring is 1. The zero-order valence-electron chi connectivity index (χ0n) is 9.41. The predicted octanol–water partition coefficient (Wildman–Crippen LogP) is 2.98. The lowest BCUT2D eigenvalue weighted by Crippen LogP contribution is -2.03. The first kappa shape index (κ1) is 9.84. The van der Waals surface area contributed by atoms with Crippen LogP contribution in [-0.4, -0.2) is 4.57 Å². The largest absolute Gasteiger partial charge is 0.397 e. The van der Waals surface area contributed by atoms with E-state index in [9.17, 15) is 0 Å². The quantitative estimate of drug-likeness (QED) is 0.705. The average molecular weight is 200 g/mol. The summed E-state index contributed by atoms with van der Waals surface area (Å²) < 4.78 is 2.18. The Morgan fingerprint density at radius 1 is 0.933 bits per heavy atom. The molecule has 0 amide bonds. The third-order valence-corrected chi connectivity index (χ3v) is 2.70. The van der Waals surface area contributed by atoms with Gasteiger partial charge in [0.1, 0.15) is 0 Å². The highest BCUT2D eigenvalue weighted by molar-refractivity contribution is 5.60. The van der Waals surface area contributed by atoms with E-state index in [1.807, 2.05) is 6.07 Å². The Balaban J connectivity index is 2.64. The molecule has 2 aromatic rings. The maximum absolute atomic E-state index is 6.03. The minimum atomic E-state index is 0.831. The van der Waals surface area contributed by atoms with E-state index in [1.165, 1.54) is 17.0 Å². The second-order valence-electron chi connectivity index (χ2n) is 4.01. The molecule has 0 bridgehead atoms. The van der Waals surface area contributed by atoms with E-state index in [0.717, 1.165) is 11.4 Å². The highest BCUT2D eigenvalue weighted by Crippen LogP contribution is 2.22. The van der Waals surface area contributed by atoms with Gasteiger partial charge in [-0.05, 0) is 50.6 Å². The summed E-state index contributed by atoms with van der Waals surface area (Å²) in [5, 5.41) is 0. The van der Waals surface area contributed by atoms with Crippen LogP contribution >= 0.6 is 0 Å². The summed E-state index contributed by atoms with van der Waals surface area (Å²) in [5.74, 6) is 0. The van der Waals surface area contributed by atoms with Crippen LogP contribution in [0.25, 0.3) is 5.69 Å². The first-order valence-electron chi connectivity index (χ1n) is 5.11. The van der Waals surface area contributed by atoms with Crippen molar-refractivity contribution in [3.63, 3.8) is 0 Å². The molecule has 0 aliphatic rings. The first-order chi connectivity index (χ1) is 7.09. The van der Waals surface area contributed by atoms with Crippen LogP contribution in [0.4, 0.5) is 5.69 Å². The SMILES string of the molecule is Cc1ccc(-n2c(C)ccc2C)c(N)c1. The van der Waals surface area contributed by atoms with Gasteiger partial charge in [0.2, 0.25) is 0 Å². The van der Waals surface area contributed by atoms with Gasteiger partial charge in [0.05, 0.1) is 11.4 Å². The van der Waals surface area contributed by atoms with E-state index in [-0.39, 0.29) is 0 Å². The standard InChI is InChI=1S/C13H16N2/c1-9-4-7-13(12(14)8-9)15-10(2)5-6-11(15)3/h4-8H,14H2,1-3H3. The number of aromatic nitrogens is 1. The highest BCUT2D eigenvalue weighted by Gasteiger charge is 2.06. The molecule has 0 saturated heterocycles. The Bertz CT molecular complexity index is 476. The van der Waals surface area contributed by atoms with Crippen molar-refractivity contribution in [2.75, 3.05) is 5.73 Å². The van der Waals surface area contributed by atoms with Crippen LogP contribution in [-0.2, 0) is 0 Å². The summed E-state index contributed by atoms with van der Waals surface area (Å²) in [6.07, 6.45) is 0. The molecule has 0 saturated carbocycles. The lowest BCUT2D eigenvalue weighted by molar-refractivity contribution is 0.967. The van der Waals surface area contributed by atoms with Gasteiger partial charge in [-0.25, -0.2) is 0 Å². The Morgan fingerprint density at radius 2 is 1.53 bits per heavy atom. The van der Waals surface area contributed by atoms with Gasteiger partial charge in [0, 0.05) is 11.4 Å².